The predicted molar refractivity (Wildman–Crippen MR) is 118 cm³/mol. The van der Waals surface area contributed by atoms with E-state index in [-0.39, 0.29) is 0 Å². The van der Waals surface area contributed by atoms with Gasteiger partial charge in [0.25, 0.3) is 0 Å². The van der Waals surface area contributed by atoms with Gasteiger partial charge >= 0.3 is 0 Å². The van der Waals surface area contributed by atoms with Crippen molar-refractivity contribution in [1.29, 1.82) is 0 Å². The molecule has 0 aliphatic rings. The average Bonchev–Trinajstić information content (AvgIpc) is 3.04. The van der Waals surface area contributed by atoms with Crippen LogP contribution in [-0.2, 0) is 6.54 Å². The SMILES string of the molecule is CCC(CC)c1nc2ccccc2n1CCCOc1cc(C)ccc1C(C)C. The molecule has 0 aliphatic carbocycles. The molecule has 3 rings (SSSR count). The fourth-order valence-electron chi connectivity index (χ4n) is 3.94. The van der Waals surface area contributed by atoms with Crippen molar-refractivity contribution in [3.05, 3.63) is 59.4 Å². The molecule has 1 heterocycles. The summed E-state index contributed by atoms with van der Waals surface area (Å²) in [5.74, 6) is 3.24. The first-order valence-corrected chi connectivity index (χ1v) is 10.7. The maximum absolute atomic E-state index is 6.21. The summed E-state index contributed by atoms with van der Waals surface area (Å²) < 4.78 is 8.62. The second-order valence-corrected chi connectivity index (χ2v) is 8.02. The maximum Gasteiger partial charge on any atom is 0.123 e. The Morgan fingerprint density at radius 2 is 1.79 bits per heavy atom. The van der Waals surface area contributed by atoms with Crippen molar-refractivity contribution in [1.82, 2.24) is 9.55 Å². The highest BCUT2D eigenvalue weighted by Gasteiger charge is 2.17. The zero-order valence-corrected chi connectivity index (χ0v) is 18.0. The van der Waals surface area contributed by atoms with Gasteiger partial charge in [0.15, 0.2) is 0 Å². The Bertz CT molecular complexity index is 906. The van der Waals surface area contributed by atoms with E-state index in [9.17, 15) is 0 Å². The van der Waals surface area contributed by atoms with E-state index in [1.807, 2.05) is 0 Å². The van der Waals surface area contributed by atoms with Gasteiger partial charge in [0, 0.05) is 12.5 Å². The van der Waals surface area contributed by atoms with E-state index in [0.717, 1.165) is 43.7 Å². The van der Waals surface area contributed by atoms with E-state index in [4.69, 9.17) is 9.72 Å². The van der Waals surface area contributed by atoms with Crippen LogP contribution < -0.4 is 4.74 Å². The summed E-state index contributed by atoms with van der Waals surface area (Å²) >= 11 is 0. The quantitative estimate of drug-likeness (QED) is 0.381. The fraction of sp³-hybridized carbons (Fsp3) is 0.480. The number of para-hydroxylation sites is 2. The van der Waals surface area contributed by atoms with Gasteiger partial charge in [-0.05, 0) is 61.4 Å². The summed E-state index contributed by atoms with van der Waals surface area (Å²) in [5.41, 5.74) is 4.88. The van der Waals surface area contributed by atoms with Crippen molar-refractivity contribution in [3.8, 4) is 5.75 Å². The van der Waals surface area contributed by atoms with Crippen molar-refractivity contribution in [2.24, 2.45) is 0 Å². The van der Waals surface area contributed by atoms with Gasteiger partial charge in [-0.2, -0.15) is 0 Å². The number of ether oxygens (including phenoxy) is 1. The number of rotatable bonds is 9. The molecule has 3 nitrogen and oxygen atoms in total. The second kappa shape index (κ2) is 9.27. The molecule has 3 heteroatoms. The van der Waals surface area contributed by atoms with Crippen molar-refractivity contribution in [3.63, 3.8) is 0 Å². The molecule has 0 fully saturated rings. The van der Waals surface area contributed by atoms with Gasteiger partial charge in [0.1, 0.15) is 11.6 Å². The normalized spacial score (nSPS) is 11.7. The van der Waals surface area contributed by atoms with Crippen LogP contribution in [0, 0.1) is 6.92 Å². The Morgan fingerprint density at radius 3 is 2.50 bits per heavy atom. The lowest BCUT2D eigenvalue weighted by atomic mass is 10.0. The first-order valence-electron chi connectivity index (χ1n) is 10.7. The molecule has 0 saturated heterocycles. The first kappa shape index (κ1) is 20.4. The molecule has 2 aromatic carbocycles. The van der Waals surface area contributed by atoms with Crippen molar-refractivity contribution >= 4 is 11.0 Å². The molecule has 0 bridgehead atoms. The van der Waals surface area contributed by atoms with Crippen molar-refractivity contribution < 1.29 is 4.74 Å². The number of hydrogen-bond donors (Lipinski definition) is 0. The van der Waals surface area contributed by atoms with Crippen LogP contribution in [0.1, 0.15) is 75.7 Å². The minimum Gasteiger partial charge on any atom is -0.493 e. The highest BCUT2D eigenvalue weighted by atomic mass is 16.5. The summed E-state index contributed by atoms with van der Waals surface area (Å²) in [6, 6.07) is 15.0. The Balaban J connectivity index is 1.74. The van der Waals surface area contributed by atoms with Crippen molar-refractivity contribution in [2.75, 3.05) is 6.61 Å². The number of imidazole rings is 1. The molecular formula is C25H34N2O. The summed E-state index contributed by atoms with van der Waals surface area (Å²) in [6.07, 6.45) is 3.22. The third kappa shape index (κ3) is 4.40. The molecule has 0 radical (unpaired) electrons. The summed E-state index contributed by atoms with van der Waals surface area (Å²) in [4.78, 5) is 4.96. The molecular weight excluding hydrogens is 344 g/mol. The molecule has 0 saturated carbocycles. The Morgan fingerprint density at radius 1 is 1.04 bits per heavy atom. The van der Waals surface area contributed by atoms with E-state index in [2.05, 4.69) is 81.7 Å². The lowest BCUT2D eigenvalue weighted by Gasteiger charge is -2.17. The molecule has 0 atom stereocenters. The van der Waals surface area contributed by atoms with Gasteiger partial charge in [-0.1, -0.05) is 52.0 Å². The van der Waals surface area contributed by atoms with E-state index >= 15 is 0 Å². The summed E-state index contributed by atoms with van der Waals surface area (Å²) in [7, 11) is 0. The average molecular weight is 379 g/mol. The zero-order chi connectivity index (χ0) is 20.1. The maximum atomic E-state index is 6.21. The molecule has 150 valence electrons. The van der Waals surface area contributed by atoms with Gasteiger partial charge in [0.05, 0.1) is 17.6 Å². The third-order valence-corrected chi connectivity index (χ3v) is 5.61. The van der Waals surface area contributed by atoms with Gasteiger partial charge in [0.2, 0.25) is 0 Å². The Labute approximate surface area is 169 Å². The number of aryl methyl sites for hydroxylation is 2. The van der Waals surface area contributed by atoms with Gasteiger partial charge in [-0.3, -0.25) is 0 Å². The summed E-state index contributed by atoms with van der Waals surface area (Å²) in [5, 5.41) is 0. The minimum absolute atomic E-state index is 0.467. The van der Waals surface area contributed by atoms with Crippen LogP contribution in [-0.4, -0.2) is 16.2 Å². The number of nitrogens with zero attached hydrogens (tertiary/aromatic N) is 2. The fourth-order valence-corrected chi connectivity index (χ4v) is 3.94. The molecule has 0 N–H and O–H groups in total. The largest absolute Gasteiger partial charge is 0.493 e. The lowest BCUT2D eigenvalue weighted by molar-refractivity contribution is 0.297. The van der Waals surface area contributed by atoms with E-state index in [1.54, 1.807) is 0 Å². The monoisotopic (exact) mass is 378 g/mol. The molecule has 0 aliphatic heterocycles. The number of aromatic nitrogens is 2. The van der Waals surface area contributed by atoms with Crippen LogP contribution in [0.4, 0.5) is 0 Å². The van der Waals surface area contributed by atoms with Crippen LogP contribution in [0.5, 0.6) is 5.75 Å². The molecule has 3 aromatic rings. The van der Waals surface area contributed by atoms with E-state index < -0.39 is 0 Å². The first-order chi connectivity index (χ1) is 13.5. The molecule has 0 amide bonds. The van der Waals surface area contributed by atoms with Crippen LogP contribution in [0.2, 0.25) is 0 Å². The highest BCUT2D eigenvalue weighted by Crippen LogP contribution is 2.29. The molecule has 28 heavy (non-hydrogen) atoms. The summed E-state index contributed by atoms with van der Waals surface area (Å²) in [6.45, 7) is 12.7. The molecule has 0 unspecified atom stereocenters. The minimum atomic E-state index is 0.467. The Kier molecular flexibility index (Phi) is 6.77. The van der Waals surface area contributed by atoms with Crippen LogP contribution in [0.15, 0.2) is 42.5 Å². The molecule has 0 spiro atoms. The van der Waals surface area contributed by atoms with E-state index in [1.165, 1.54) is 22.5 Å². The highest BCUT2D eigenvalue weighted by molar-refractivity contribution is 5.76. The van der Waals surface area contributed by atoms with E-state index in [0.29, 0.717) is 11.8 Å². The van der Waals surface area contributed by atoms with Crippen LogP contribution in [0.25, 0.3) is 11.0 Å². The van der Waals surface area contributed by atoms with Crippen LogP contribution in [0.3, 0.4) is 0 Å². The smallest absolute Gasteiger partial charge is 0.123 e. The predicted octanol–water partition coefficient (Wildman–Crippen LogP) is 6.84. The van der Waals surface area contributed by atoms with Crippen molar-refractivity contribution in [2.45, 2.75) is 72.3 Å². The third-order valence-electron chi connectivity index (χ3n) is 5.61. The topological polar surface area (TPSA) is 27.1 Å². The number of fused-ring (bicyclic) bond motifs is 1. The van der Waals surface area contributed by atoms with Gasteiger partial charge < -0.3 is 9.30 Å². The van der Waals surface area contributed by atoms with Crippen LogP contribution >= 0.6 is 0 Å². The lowest BCUT2D eigenvalue weighted by Crippen LogP contribution is -2.11. The standard InChI is InChI=1S/C25H34N2O/c1-6-20(7-2)25-26-22-11-8-9-12-23(22)27(25)15-10-16-28-24-17-19(5)13-14-21(24)18(3)4/h8-9,11-14,17-18,20H,6-7,10,15-16H2,1-5H3. The second-order valence-electron chi connectivity index (χ2n) is 8.02. The van der Waals surface area contributed by atoms with Gasteiger partial charge in [-0.15, -0.1) is 0 Å². The van der Waals surface area contributed by atoms with Gasteiger partial charge in [-0.25, -0.2) is 4.98 Å². The molecule has 1 aromatic heterocycles. The number of hydrogen-bond acceptors (Lipinski definition) is 2. The zero-order valence-electron chi connectivity index (χ0n) is 18.0. The number of benzene rings is 2. The Hall–Kier alpha value is -2.29.